The number of aryl methyl sites for hydroxylation is 1. The molecule has 0 saturated carbocycles. The number of nitrogen functional groups attached to an aromatic ring is 1. The molecule has 0 aliphatic rings. The van der Waals surface area contributed by atoms with Crippen molar-refractivity contribution in [1.29, 1.82) is 0 Å². The van der Waals surface area contributed by atoms with E-state index >= 15 is 0 Å². The summed E-state index contributed by atoms with van der Waals surface area (Å²) in [5, 5.41) is 0. The molecule has 0 aliphatic heterocycles. The Kier molecular flexibility index (Phi) is 6.00. The zero-order valence-corrected chi connectivity index (χ0v) is 15.6. The van der Waals surface area contributed by atoms with E-state index in [2.05, 4.69) is 41.8 Å². The summed E-state index contributed by atoms with van der Waals surface area (Å²) >= 11 is 6.16. The maximum Gasteiger partial charge on any atom is 0.258 e. The molecule has 3 aromatic rings. The van der Waals surface area contributed by atoms with Crippen molar-refractivity contribution in [2.24, 2.45) is 0 Å². The average molecular weight is 462 g/mol. The molecule has 0 aromatic carbocycles. The first-order valence-electron chi connectivity index (χ1n) is 6.75. The standard InChI is InChI=1S/C10H8BrFN2O.C5H4BrFN2/c1-2-7-4-9(15)14-5-6(11)3-8(12)10(14)13-7;6-3-1-4(7)5(8)9-2-3/h3-5H,2H2,1H3;1-2H,(H2,8,9). The van der Waals surface area contributed by atoms with E-state index in [1.54, 1.807) is 0 Å². The van der Waals surface area contributed by atoms with Crippen LogP contribution in [0.2, 0.25) is 0 Å². The maximum absolute atomic E-state index is 13.5. The van der Waals surface area contributed by atoms with E-state index in [9.17, 15) is 13.6 Å². The minimum absolute atomic E-state index is 0.0711. The number of nitrogens with zero attached hydrogens (tertiary/aromatic N) is 3. The van der Waals surface area contributed by atoms with Gasteiger partial charge in [-0.1, -0.05) is 6.92 Å². The molecule has 24 heavy (non-hydrogen) atoms. The molecule has 0 amide bonds. The van der Waals surface area contributed by atoms with Gasteiger partial charge in [-0.25, -0.2) is 18.7 Å². The first kappa shape index (κ1) is 18.5. The molecule has 0 bridgehead atoms. The minimum Gasteiger partial charge on any atom is -0.381 e. The first-order valence-corrected chi connectivity index (χ1v) is 8.34. The lowest BCUT2D eigenvalue weighted by molar-refractivity contribution is 0.624. The van der Waals surface area contributed by atoms with Crippen molar-refractivity contribution < 1.29 is 8.78 Å². The summed E-state index contributed by atoms with van der Waals surface area (Å²) in [5.74, 6) is -1.07. The van der Waals surface area contributed by atoms with Crippen LogP contribution < -0.4 is 11.3 Å². The summed E-state index contributed by atoms with van der Waals surface area (Å²) in [6.07, 6.45) is 3.56. The third-order valence-corrected chi connectivity index (χ3v) is 3.80. The van der Waals surface area contributed by atoms with E-state index in [1.165, 1.54) is 35.0 Å². The van der Waals surface area contributed by atoms with Gasteiger partial charge < -0.3 is 5.73 Å². The predicted molar refractivity (Wildman–Crippen MR) is 94.8 cm³/mol. The van der Waals surface area contributed by atoms with E-state index in [-0.39, 0.29) is 17.0 Å². The molecule has 0 unspecified atom stereocenters. The van der Waals surface area contributed by atoms with Gasteiger partial charge in [0.2, 0.25) is 0 Å². The molecule has 0 aliphatic carbocycles. The highest BCUT2D eigenvalue weighted by Crippen LogP contribution is 2.14. The van der Waals surface area contributed by atoms with Crippen LogP contribution in [0.1, 0.15) is 12.6 Å². The van der Waals surface area contributed by atoms with Gasteiger partial charge in [-0.05, 0) is 50.4 Å². The second-order valence-electron chi connectivity index (χ2n) is 4.66. The van der Waals surface area contributed by atoms with Gasteiger partial charge in [0.15, 0.2) is 23.1 Å². The van der Waals surface area contributed by atoms with Crippen LogP contribution in [0.4, 0.5) is 14.6 Å². The molecule has 0 saturated heterocycles. The van der Waals surface area contributed by atoms with Crippen LogP contribution in [0, 0.1) is 11.6 Å². The Labute approximate surface area is 152 Å². The molecule has 3 rings (SSSR count). The lowest BCUT2D eigenvalue weighted by atomic mass is 10.3. The molecule has 2 N–H and O–H groups in total. The number of rotatable bonds is 1. The van der Waals surface area contributed by atoms with E-state index in [1.807, 2.05) is 6.92 Å². The molecule has 9 heteroatoms. The monoisotopic (exact) mass is 460 g/mol. The highest BCUT2D eigenvalue weighted by molar-refractivity contribution is 9.10. The Balaban J connectivity index is 0.000000198. The van der Waals surface area contributed by atoms with Crippen molar-refractivity contribution in [3.63, 3.8) is 0 Å². The Morgan fingerprint density at radius 3 is 2.42 bits per heavy atom. The average Bonchev–Trinajstić information content (AvgIpc) is 2.52. The number of nitrogens with two attached hydrogens (primary N) is 1. The number of anilines is 1. The largest absolute Gasteiger partial charge is 0.381 e. The third kappa shape index (κ3) is 4.35. The second kappa shape index (κ2) is 7.80. The van der Waals surface area contributed by atoms with Crippen molar-refractivity contribution in [2.45, 2.75) is 13.3 Å². The van der Waals surface area contributed by atoms with Gasteiger partial charge in [-0.15, -0.1) is 0 Å². The van der Waals surface area contributed by atoms with Crippen molar-refractivity contribution in [3.05, 3.63) is 67.2 Å². The van der Waals surface area contributed by atoms with Crippen LogP contribution in [-0.4, -0.2) is 14.4 Å². The highest BCUT2D eigenvalue weighted by Gasteiger charge is 2.07. The summed E-state index contributed by atoms with van der Waals surface area (Å²) < 4.78 is 28.2. The Morgan fingerprint density at radius 1 is 1.17 bits per heavy atom. The van der Waals surface area contributed by atoms with Crippen molar-refractivity contribution in [1.82, 2.24) is 14.4 Å². The van der Waals surface area contributed by atoms with Crippen LogP contribution in [0.5, 0.6) is 0 Å². The number of halogens is 4. The highest BCUT2D eigenvalue weighted by atomic mass is 79.9. The van der Waals surface area contributed by atoms with E-state index < -0.39 is 11.6 Å². The van der Waals surface area contributed by atoms with Gasteiger partial charge in [-0.2, -0.15) is 0 Å². The Bertz CT molecular complexity index is 947. The van der Waals surface area contributed by atoms with E-state index in [4.69, 9.17) is 5.73 Å². The SMILES string of the molecule is CCc1cc(=O)n2cc(Br)cc(F)c2n1.Nc1ncc(Br)cc1F. The quantitative estimate of drug-likeness (QED) is 0.599. The van der Waals surface area contributed by atoms with Crippen molar-refractivity contribution in [2.75, 3.05) is 5.73 Å². The number of pyridine rings is 2. The second-order valence-corrected chi connectivity index (χ2v) is 6.49. The van der Waals surface area contributed by atoms with Crippen LogP contribution >= 0.6 is 31.9 Å². The smallest absolute Gasteiger partial charge is 0.258 e. The number of aromatic nitrogens is 3. The van der Waals surface area contributed by atoms with Gasteiger partial charge in [-0.3, -0.25) is 9.20 Å². The van der Waals surface area contributed by atoms with Gasteiger partial charge in [0.25, 0.3) is 5.56 Å². The molecule has 0 radical (unpaired) electrons. The normalized spacial score (nSPS) is 10.4. The van der Waals surface area contributed by atoms with Gasteiger partial charge in [0.1, 0.15) is 0 Å². The van der Waals surface area contributed by atoms with Crippen LogP contribution in [-0.2, 0) is 6.42 Å². The fourth-order valence-electron chi connectivity index (χ4n) is 1.78. The molecule has 0 spiro atoms. The fraction of sp³-hybridized carbons (Fsp3) is 0.133. The lowest BCUT2D eigenvalue weighted by Crippen LogP contribution is -2.16. The molecule has 0 atom stereocenters. The van der Waals surface area contributed by atoms with Gasteiger partial charge >= 0.3 is 0 Å². The molecular formula is C15H12Br2F2N4O. The molecule has 126 valence electrons. The molecule has 0 fully saturated rings. The third-order valence-electron chi connectivity index (χ3n) is 2.93. The minimum atomic E-state index is -0.503. The zero-order valence-electron chi connectivity index (χ0n) is 12.4. The van der Waals surface area contributed by atoms with Crippen LogP contribution in [0.15, 0.2) is 44.3 Å². The summed E-state index contributed by atoms with van der Waals surface area (Å²) in [6, 6.07) is 3.97. The molecular weight excluding hydrogens is 450 g/mol. The van der Waals surface area contributed by atoms with Crippen molar-refractivity contribution in [3.8, 4) is 0 Å². The first-order chi connectivity index (χ1) is 11.3. The summed E-state index contributed by atoms with van der Waals surface area (Å²) in [6.45, 7) is 1.87. The number of hydrogen-bond donors (Lipinski definition) is 1. The van der Waals surface area contributed by atoms with Crippen LogP contribution in [0.3, 0.4) is 0 Å². The van der Waals surface area contributed by atoms with E-state index in [0.29, 0.717) is 21.1 Å². The Morgan fingerprint density at radius 2 is 1.83 bits per heavy atom. The van der Waals surface area contributed by atoms with Gasteiger partial charge in [0.05, 0.1) is 0 Å². The van der Waals surface area contributed by atoms with Crippen LogP contribution in [0.25, 0.3) is 5.65 Å². The maximum atomic E-state index is 13.5. The lowest BCUT2D eigenvalue weighted by Gasteiger charge is -2.03. The molecule has 3 aromatic heterocycles. The Hall–Kier alpha value is -1.87. The zero-order chi connectivity index (χ0) is 17.9. The van der Waals surface area contributed by atoms with E-state index in [0.717, 1.165) is 0 Å². The number of fused-ring (bicyclic) bond motifs is 1. The fourth-order valence-corrected chi connectivity index (χ4v) is 2.49. The van der Waals surface area contributed by atoms with Crippen molar-refractivity contribution >= 4 is 43.3 Å². The van der Waals surface area contributed by atoms with Gasteiger partial charge in [0, 0.05) is 33.1 Å². The predicted octanol–water partition coefficient (Wildman–Crippen LogP) is 3.72. The molecule has 5 nitrogen and oxygen atoms in total. The number of hydrogen-bond acceptors (Lipinski definition) is 4. The summed E-state index contributed by atoms with van der Waals surface area (Å²) in [4.78, 5) is 19.2. The summed E-state index contributed by atoms with van der Waals surface area (Å²) in [5.41, 5.74) is 5.49. The summed E-state index contributed by atoms with van der Waals surface area (Å²) in [7, 11) is 0. The molecule has 3 heterocycles. The topological polar surface area (TPSA) is 73.3 Å².